The summed E-state index contributed by atoms with van der Waals surface area (Å²) < 4.78 is 21.7. The molecule has 0 heterocycles. The zero-order valence-electron chi connectivity index (χ0n) is 9.25. The van der Waals surface area contributed by atoms with Crippen molar-refractivity contribution in [1.29, 1.82) is 0 Å². The van der Waals surface area contributed by atoms with Gasteiger partial charge < -0.3 is 5.11 Å². The fraction of sp³-hybridized carbons (Fsp3) is 1.00. The zero-order chi connectivity index (χ0) is 11.1. The highest BCUT2D eigenvalue weighted by molar-refractivity contribution is 7.92. The minimum absolute atomic E-state index is 0.424. The Hall–Kier alpha value is -0.0900. The van der Waals surface area contributed by atoms with E-state index in [1.54, 1.807) is 13.8 Å². The summed E-state index contributed by atoms with van der Waals surface area (Å²) in [5, 5.41) is 9.87. The van der Waals surface area contributed by atoms with Crippen LogP contribution >= 0.6 is 0 Å². The highest BCUT2D eigenvalue weighted by Crippen LogP contribution is 2.32. The van der Waals surface area contributed by atoms with Crippen molar-refractivity contribution >= 4 is 9.84 Å². The lowest BCUT2D eigenvalue weighted by molar-refractivity contribution is 0.0352. The zero-order valence-corrected chi connectivity index (χ0v) is 10.1. The molecule has 13 heavy (non-hydrogen) atoms. The summed E-state index contributed by atoms with van der Waals surface area (Å²) in [5.74, 6) is 0. The largest absolute Gasteiger partial charge is 0.391 e. The average Bonchev–Trinajstić information content (AvgIpc) is 1.81. The molecule has 0 saturated carbocycles. The molecule has 4 heteroatoms. The summed E-state index contributed by atoms with van der Waals surface area (Å²) in [7, 11) is -3.23. The fourth-order valence-electron chi connectivity index (χ4n) is 1.25. The smallest absolute Gasteiger partial charge is 0.155 e. The van der Waals surface area contributed by atoms with Crippen LogP contribution in [0.1, 0.15) is 34.6 Å². The Morgan fingerprint density at radius 1 is 1.08 bits per heavy atom. The van der Waals surface area contributed by atoms with Crippen molar-refractivity contribution in [2.75, 3.05) is 6.26 Å². The van der Waals surface area contributed by atoms with Gasteiger partial charge in [0.1, 0.15) is 0 Å². The Kier molecular flexibility index (Phi) is 3.22. The first-order valence-electron chi connectivity index (χ1n) is 4.28. The lowest BCUT2D eigenvalue weighted by Crippen LogP contribution is -2.49. The molecule has 3 nitrogen and oxygen atoms in total. The van der Waals surface area contributed by atoms with Gasteiger partial charge in [0, 0.05) is 6.26 Å². The monoisotopic (exact) mass is 208 g/mol. The second-order valence-corrected chi connectivity index (χ2v) is 7.74. The van der Waals surface area contributed by atoms with Gasteiger partial charge in [-0.2, -0.15) is 0 Å². The van der Waals surface area contributed by atoms with Gasteiger partial charge in [0.15, 0.2) is 9.84 Å². The van der Waals surface area contributed by atoms with Gasteiger partial charge in [0.2, 0.25) is 0 Å². The maximum Gasteiger partial charge on any atom is 0.155 e. The molecule has 0 amide bonds. The van der Waals surface area contributed by atoms with E-state index in [0.717, 1.165) is 6.26 Å². The first kappa shape index (κ1) is 12.9. The molecule has 0 fully saturated rings. The normalized spacial score (nSPS) is 17.2. The summed E-state index contributed by atoms with van der Waals surface area (Å²) in [5.41, 5.74) is -0.424. The third-order valence-electron chi connectivity index (χ3n) is 2.43. The number of aliphatic hydroxyl groups excluding tert-OH is 1. The predicted molar refractivity (Wildman–Crippen MR) is 54.4 cm³/mol. The Morgan fingerprint density at radius 2 is 1.38 bits per heavy atom. The Balaban J connectivity index is 5.09. The molecule has 0 aromatic carbocycles. The van der Waals surface area contributed by atoms with Crippen molar-refractivity contribution in [3.05, 3.63) is 0 Å². The van der Waals surface area contributed by atoms with E-state index in [4.69, 9.17) is 0 Å². The molecular formula is C9H20O3S. The summed E-state index contributed by atoms with van der Waals surface area (Å²) >= 11 is 0. The Labute approximate surface area is 81.1 Å². The molecule has 0 aromatic rings. The molecule has 1 unspecified atom stereocenters. The van der Waals surface area contributed by atoms with E-state index in [2.05, 4.69) is 0 Å². The van der Waals surface area contributed by atoms with Crippen LogP contribution < -0.4 is 0 Å². The van der Waals surface area contributed by atoms with E-state index in [1.165, 1.54) is 0 Å². The molecule has 0 saturated heterocycles. The summed E-state index contributed by atoms with van der Waals surface area (Å²) in [4.78, 5) is 0. The number of aliphatic hydroxyl groups is 1. The van der Waals surface area contributed by atoms with Crippen LogP contribution in [0.2, 0.25) is 0 Å². The van der Waals surface area contributed by atoms with E-state index in [0.29, 0.717) is 0 Å². The van der Waals surface area contributed by atoms with E-state index >= 15 is 0 Å². The van der Waals surface area contributed by atoms with Crippen molar-refractivity contribution in [2.24, 2.45) is 5.41 Å². The molecule has 1 atom stereocenters. The lowest BCUT2D eigenvalue weighted by atomic mass is 9.82. The van der Waals surface area contributed by atoms with Crippen molar-refractivity contribution in [1.82, 2.24) is 0 Å². The molecule has 0 rings (SSSR count). The average molecular weight is 208 g/mol. The van der Waals surface area contributed by atoms with Gasteiger partial charge >= 0.3 is 0 Å². The maximum absolute atomic E-state index is 11.4. The van der Waals surface area contributed by atoms with Gasteiger partial charge in [0.25, 0.3) is 0 Å². The van der Waals surface area contributed by atoms with Crippen LogP contribution in [0, 0.1) is 5.41 Å². The molecule has 0 aliphatic carbocycles. The molecule has 0 aliphatic rings. The molecule has 0 aliphatic heterocycles. The van der Waals surface area contributed by atoms with E-state index < -0.39 is 26.1 Å². The second-order valence-electron chi connectivity index (χ2n) is 5.14. The van der Waals surface area contributed by atoms with Crippen molar-refractivity contribution in [3.63, 3.8) is 0 Å². The maximum atomic E-state index is 11.4. The van der Waals surface area contributed by atoms with Gasteiger partial charge in [-0.15, -0.1) is 0 Å². The van der Waals surface area contributed by atoms with Crippen molar-refractivity contribution in [3.8, 4) is 0 Å². The molecular weight excluding hydrogens is 188 g/mol. The molecule has 0 spiro atoms. The fourth-order valence-corrected chi connectivity index (χ4v) is 2.00. The quantitative estimate of drug-likeness (QED) is 0.742. The van der Waals surface area contributed by atoms with Crippen molar-refractivity contribution in [2.45, 2.75) is 45.5 Å². The van der Waals surface area contributed by atoms with E-state index in [1.807, 2.05) is 20.8 Å². The van der Waals surface area contributed by atoms with Gasteiger partial charge in [-0.25, -0.2) is 8.42 Å². The topological polar surface area (TPSA) is 54.4 Å². The Morgan fingerprint density at radius 3 is 1.46 bits per heavy atom. The highest BCUT2D eigenvalue weighted by Gasteiger charge is 2.43. The van der Waals surface area contributed by atoms with Crippen LogP contribution in [-0.4, -0.2) is 30.6 Å². The van der Waals surface area contributed by atoms with Crippen LogP contribution in [0.5, 0.6) is 0 Å². The number of sulfone groups is 1. The van der Waals surface area contributed by atoms with Crippen molar-refractivity contribution < 1.29 is 13.5 Å². The van der Waals surface area contributed by atoms with Crippen LogP contribution in [0.4, 0.5) is 0 Å². The first-order valence-corrected chi connectivity index (χ1v) is 6.17. The van der Waals surface area contributed by atoms with Crippen LogP contribution in [0.15, 0.2) is 0 Å². The van der Waals surface area contributed by atoms with Crippen LogP contribution in [0.25, 0.3) is 0 Å². The molecule has 80 valence electrons. The van der Waals surface area contributed by atoms with Gasteiger partial charge in [-0.3, -0.25) is 0 Å². The minimum Gasteiger partial charge on any atom is -0.391 e. The first-order chi connectivity index (χ1) is 5.40. The molecule has 1 N–H and O–H groups in total. The third kappa shape index (κ3) is 2.68. The highest BCUT2D eigenvalue weighted by atomic mass is 32.2. The van der Waals surface area contributed by atoms with E-state index in [-0.39, 0.29) is 0 Å². The molecule has 0 aromatic heterocycles. The summed E-state index contributed by atoms with van der Waals surface area (Å²) in [6.07, 6.45) is 0.289. The van der Waals surface area contributed by atoms with Gasteiger partial charge in [-0.1, -0.05) is 20.8 Å². The second kappa shape index (κ2) is 3.24. The van der Waals surface area contributed by atoms with E-state index in [9.17, 15) is 13.5 Å². The lowest BCUT2D eigenvalue weighted by Gasteiger charge is -2.37. The molecule has 0 bridgehead atoms. The number of hydrogen-bond donors (Lipinski definition) is 1. The number of rotatable bonds is 2. The predicted octanol–water partition coefficient (Wildman–Crippen LogP) is 1.22. The third-order valence-corrected chi connectivity index (χ3v) is 4.57. The number of hydrogen-bond acceptors (Lipinski definition) is 3. The van der Waals surface area contributed by atoms with Crippen LogP contribution in [-0.2, 0) is 9.84 Å². The summed E-state index contributed by atoms with van der Waals surface area (Å²) in [6, 6.07) is 0. The Bertz CT molecular complexity index is 270. The minimum atomic E-state index is -3.23. The summed E-state index contributed by atoms with van der Waals surface area (Å²) in [6.45, 7) is 8.58. The van der Waals surface area contributed by atoms with Crippen LogP contribution in [0.3, 0.4) is 0 Å². The van der Waals surface area contributed by atoms with Gasteiger partial charge in [0.05, 0.1) is 10.9 Å². The SMILES string of the molecule is CC(C)(C)C(O)C(C)(C)S(C)(=O)=O. The molecule has 0 radical (unpaired) electrons. The van der Waals surface area contributed by atoms with Gasteiger partial charge in [-0.05, 0) is 19.3 Å². The standard InChI is InChI=1S/C9H20O3S/c1-8(2,3)7(10)9(4,5)13(6,11)12/h7,10H,1-6H3.